The number of carbonyl (C=O) groups excluding carboxylic acids is 1. The molecule has 186 valence electrons. The fourth-order valence-electron chi connectivity index (χ4n) is 3.97. The Morgan fingerprint density at radius 2 is 2.14 bits per heavy atom. The van der Waals surface area contributed by atoms with Crippen LogP contribution in [0.25, 0.3) is 5.57 Å². The number of hydrogen-bond donors (Lipinski definition) is 2. The van der Waals surface area contributed by atoms with Crippen LogP contribution in [-0.4, -0.2) is 48.5 Å². The standard InChI is InChI=1S/C23H30F3N5O2S.Rb/c1-4-27-9-10-31(13-34)18-12-16(23(24,25)26)11-17(29-18)14(3)19-20(15-7-6-8-15)33-22(32)30-21(19)28-5-2;/h5,11-12,15,20,27,34H,2,4,6-10,13H2,1,3H3,(H,28,30,32);/q;+1/p-1/b19-14+;. The fraction of sp³-hybridized carbons (Fsp3) is 0.522. The van der Waals surface area contributed by atoms with E-state index >= 15 is 0 Å². The third-order valence-corrected chi connectivity index (χ3v) is 6.32. The van der Waals surface area contributed by atoms with Crippen LogP contribution in [0.1, 0.15) is 44.4 Å². The smallest absolute Gasteiger partial charge is 0.772 e. The zero-order valence-electron chi connectivity index (χ0n) is 20.2. The van der Waals surface area contributed by atoms with Gasteiger partial charge >= 0.3 is 70.5 Å². The average molecular weight is 582 g/mol. The van der Waals surface area contributed by atoms with Crippen LogP contribution in [0.4, 0.5) is 23.8 Å². The summed E-state index contributed by atoms with van der Waals surface area (Å²) in [5.41, 5.74) is 0.255. The van der Waals surface area contributed by atoms with Crippen molar-refractivity contribution in [1.82, 2.24) is 15.6 Å². The van der Waals surface area contributed by atoms with Crippen molar-refractivity contribution in [2.24, 2.45) is 10.9 Å². The molecule has 3 rings (SSSR count). The maximum absolute atomic E-state index is 13.8. The summed E-state index contributed by atoms with van der Waals surface area (Å²) in [6, 6.07) is 2.03. The predicted molar refractivity (Wildman–Crippen MR) is 128 cm³/mol. The normalized spacial score (nSPS) is 20.9. The van der Waals surface area contributed by atoms with Crippen molar-refractivity contribution in [1.29, 1.82) is 0 Å². The van der Waals surface area contributed by atoms with E-state index in [2.05, 4.69) is 27.2 Å². The van der Waals surface area contributed by atoms with E-state index in [0.29, 0.717) is 24.2 Å². The largest absolute Gasteiger partial charge is 1.00 e. The molecule has 12 heteroatoms. The summed E-state index contributed by atoms with van der Waals surface area (Å²) in [6.45, 7) is 8.90. The first-order valence-electron chi connectivity index (χ1n) is 11.2. The first-order chi connectivity index (χ1) is 16.2. The van der Waals surface area contributed by atoms with E-state index in [1.807, 2.05) is 6.92 Å². The number of aromatic nitrogens is 1. The molecule has 1 saturated carbocycles. The number of ether oxygens (including phenoxy) is 1. The summed E-state index contributed by atoms with van der Waals surface area (Å²) >= 11 is 5.19. The molecule has 1 aromatic heterocycles. The third kappa shape index (κ3) is 7.64. The van der Waals surface area contributed by atoms with Crippen LogP contribution in [0.3, 0.4) is 0 Å². The van der Waals surface area contributed by atoms with E-state index in [4.69, 9.17) is 17.4 Å². The van der Waals surface area contributed by atoms with Gasteiger partial charge in [-0.2, -0.15) is 13.2 Å². The van der Waals surface area contributed by atoms with Crippen molar-refractivity contribution < 1.29 is 80.9 Å². The minimum absolute atomic E-state index is 0. The van der Waals surface area contributed by atoms with Gasteiger partial charge in [0, 0.05) is 30.8 Å². The molecule has 0 spiro atoms. The Kier molecular flexibility index (Phi) is 11.9. The van der Waals surface area contributed by atoms with E-state index in [9.17, 15) is 18.0 Å². The minimum Gasteiger partial charge on any atom is -0.772 e. The second-order valence-electron chi connectivity index (χ2n) is 8.18. The van der Waals surface area contributed by atoms with Gasteiger partial charge in [0.2, 0.25) is 0 Å². The van der Waals surface area contributed by atoms with Gasteiger partial charge in [-0.25, -0.2) is 14.8 Å². The number of nitrogens with one attached hydrogen (secondary N) is 2. The molecule has 1 aliphatic carbocycles. The fourth-order valence-corrected chi connectivity index (χ4v) is 4.23. The summed E-state index contributed by atoms with van der Waals surface area (Å²) in [6.07, 6.45) is -1.86. The molecule has 1 unspecified atom stereocenters. The molecule has 2 fully saturated rings. The van der Waals surface area contributed by atoms with E-state index in [0.717, 1.165) is 37.9 Å². The number of hydrogen-bond acceptors (Lipinski definition) is 7. The Labute approximate surface area is 258 Å². The molecule has 0 bridgehead atoms. The Bertz CT molecular complexity index is 982. The number of nitrogens with zero attached hydrogens (tertiary/aromatic N) is 3. The maximum atomic E-state index is 13.8. The number of halogens is 3. The molecule has 1 aromatic rings. The van der Waals surface area contributed by atoms with Gasteiger partial charge in [0.15, 0.2) is 0 Å². The summed E-state index contributed by atoms with van der Waals surface area (Å²) in [5.74, 6) is 0.511. The Morgan fingerprint density at radius 1 is 1.43 bits per heavy atom. The number of amides is 1. The Hall–Kier alpha value is -0.725. The number of alkyl halides is 3. The molecule has 1 atom stereocenters. The van der Waals surface area contributed by atoms with E-state index < -0.39 is 23.9 Å². The van der Waals surface area contributed by atoms with E-state index in [1.54, 1.807) is 11.8 Å². The number of allylic oxidation sites excluding steroid dienone is 1. The molecule has 2 heterocycles. The van der Waals surface area contributed by atoms with Gasteiger partial charge in [0.1, 0.15) is 17.8 Å². The molecular weight excluding hydrogens is 553 g/mol. The molecular formula is C23H29F3N5O2RbS. The van der Waals surface area contributed by atoms with Crippen LogP contribution in [0, 0.1) is 5.92 Å². The summed E-state index contributed by atoms with van der Waals surface area (Å²) in [7, 11) is 0. The number of rotatable bonds is 9. The second-order valence-corrected chi connectivity index (χ2v) is 8.44. The van der Waals surface area contributed by atoms with Crippen molar-refractivity contribution in [2.75, 3.05) is 30.4 Å². The van der Waals surface area contributed by atoms with Gasteiger partial charge in [-0.15, -0.1) is 5.88 Å². The molecule has 1 aliphatic heterocycles. The van der Waals surface area contributed by atoms with Gasteiger partial charge in [0.25, 0.3) is 0 Å². The van der Waals surface area contributed by atoms with Gasteiger partial charge in [-0.3, -0.25) is 5.32 Å². The predicted octanol–water partition coefficient (Wildman–Crippen LogP) is 1.25. The van der Waals surface area contributed by atoms with Crippen LogP contribution in [0.5, 0.6) is 0 Å². The monoisotopic (exact) mass is 581 g/mol. The van der Waals surface area contributed by atoms with Crippen molar-refractivity contribution in [3.63, 3.8) is 0 Å². The van der Waals surface area contributed by atoms with Gasteiger partial charge < -0.3 is 27.6 Å². The molecule has 1 amide bonds. The Morgan fingerprint density at radius 3 is 2.69 bits per heavy atom. The molecule has 0 radical (unpaired) electrons. The minimum atomic E-state index is -4.57. The van der Waals surface area contributed by atoms with Crippen LogP contribution < -0.4 is 73.7 Å². The summed E-state index contributed by atoms with van der Waals surface area (Å²) in [5, 5.41) is 5.70. The van der Waals surface area contributed by atoms with Gasteiger partial charge in [-0.1, -0.05) is 19.9 Å². The zero-order valence-corrected chi connectivity index (χ0v) is 26.0. The van der Waals surface area contributed by atoms with E-state index in [1.165, 1.54) is 6.20 Å². The number of alkyl carbamates (subject to hydrolysis) is 1. The molecule has 35 heavy (non-hydrogen) atoms. The molecule has 2 N–H and O–H groups in total. The van der Waals surface area contributed by atoms with Crippen LogP contribution in [0.2, 0.25) is 0 Å². The Balaban J connectivity index is 0.00000432. The zero-order chi connectivity index (χ0) is 24.9. The summed E-state index contributed by atoms with van der Waals surface area (Å²) < 4.78 is 47.1. The number of carbonyl (C=O) groups is 1. The number of amidine groups is 1. The average Bonchev–Trinajstić information content (AvgIpc) is 2.74. The van der Waals surface area contributed by atoms with Gasteiger partial charge in [0.05, 0.1) is 11.3 Å². The number of likely N-dealkylation sites (N-methyl/N-ethyl adjacent to an activating group) is 1. The summed E-state index contributed by atoms with van der Waals surface area (Å²) in [4.78, 5) is 22.5. The molecule has 1 saturated heterocycles. The van der Waals surface area contributed by atoms with Crippen LogP contribution in [-0.2, 0) is 23.5 Å². The quantitative estimate of drug-likeness (QED) is 0.338. The second kappa shape index (κ2) is 13.7. The van der Waals surface area contributed by atoms with Crippen LogP contribution >= 0.6 is 0 Å². The van der Waals surface area contributed by atoms with Crippen LogP contribution in [0.15, 0.2) is 35.5 Å². The van der Waals surface area contributed by atoms with Crippen molar-refractivity contribution in [3.05, 3.63) is 41.7 Å². The number of cyclic esters (lactones) is 1. The van der Waals surface area contributed by atoms with Crippen molar-refractivity contribution >= 4 is 35.9 Å². The topological polar surface area (TPSA) is 78.8 Å². The molecule has 7 nitrogen and oxygen atoms in total. The first kappa shape index (κ1) is 30.5. The molecule has 0 aromatic carbocycles. The first-order valence-corrected chi connectivity index (χ1v) is 11.8. The number of aliphatic imine (C=N–C) groups is 1. The third-order valence-electron chi connectivity index (χ3n) is 6.01. The number of anilines is 1. The SMILES string of the molecule is C=CN=C1NC(=O)OC(C2CCC2)/C1=C(/C)c1cc(C(F)(F)F)cc(N(C[S-])CCNCC)n1.[Rb+]. The van der Waals surface area contributed by atoms with Crippen molar-refractivity contribution in [2.45, 2.75) is 45.4 Å². The van der Waals surface area contributed by atoms with Crippen molar-refractivity contribution in [3.8, 4) is 0 Å². The maximum Gasteiger partial charge on any atom is 1.00 e. The number of pyridine rings is 1. The van der Waals surface area contributed by atoms with Gasteiger partial charge in [-0.05, 0) is 44.0 Å². The van der Waals surface area contributed by atoms with E-state index in [-0.39, 0.29) is 87.3 Å². The molecule has 2 aliphatic rings.